The first-order valence-electron chi connectivity index (χ1n) is 5.60. The maximum Gasteiger partial charge on any atom is 0.404 e. The van der Waals surface area contributed by atoms with Gasteiger partial charge in [-0.2, -0.15) is 4.68 Å². The van der Waals surface area contributed by atoms with Gasteiger partial charge in [0, 0.05) is 11.2 Å². The zero-order valence-electron chi connectivity index (χ0n) is 9.87. The number of aromatic nitrogens is 2. The van der Waals surface area contributed by atoms with E-state index in [2.05, 4.69) is 37.0 Å². The Morgan fingerprint density at radius 2 is 2.05 bits per heavy atom. The van der Waals surface area contributed by atoms with E-state index in [0.717, 1.165) is 5.33 Å². The molecule has 1 atom stereocenters. The normalized spacial score (nSPS) is 12.3. The van der Waals surface area contributed by atoms with E-state index < -0.39 is 4.92 Å². The number of rotatable bonds is 5. The molecule has 0 aliphatic carbocycles. The zero-order valence-corrected chi connectivity index (χ0v) is 13.0. The number of nitrogens with zero attached hydrogens (tertiary/aromatic N) is 3. The lowest BCUT2D eigenvalue weighted by Gasteiger charge is -2.12. The minimum absolute atomic E-state index is 0.151. The largest absolute Gasteiger partial charge is 0.404 e. The predicted octanol–water partition coefficient (Wildman–Crippen LogP) is 3.73. The SMILES string of the molecule is O=[N+]([O-])c1nn(CC(CBr)c2ccccc2)cc1Br. The van der Waals surface area contributed by atoms with Gasteiger partial charge in [0.05, 0.1) is 17.8 Å². The van der Waals surface area contributed by atoms with Crippen LogP contribution in [0.3, 0.4) is 0 Å². The molecule has 0 radical (unpaired) electrons. The van der Waals surface area contributed by atoms with Crippen molar-refractivity contribution in [1.82, 2.24) is 9.78 Å². The number of nitro groups is 1. The summed E-state index contributed by atoms with van der Waals surface area (Å²) in [5, 5.41) is 15.5. The van der Waals surface area contributed by atoms with Crippen LogP contribution in [-0.2, 0) is 6.54 Å². The molecule has 2 aromatic rings. The van der Waals surface area contributed by atoms with E-state index in [0.29, 0.717) is 11.0 Å². The molecule has 0 saturated carbocycles. The summed E-state index contributed by atoms with van der Waals surface area (Å²) in [4.78, 5) is 10.3. The zero-order chi connectivity index (χ0) is 13.8. The van der Waals surface area contributed by atoms with Gasteiger partial charge in [-0.25, -0.2) is 0 Å². The van der Waals surface area contributed by atoms with Crippen molar-refractivity contribution in [3.8, 4) is 0 Å². The highest BCUT2D eigenvalue weighted by molar-refractivity contribution is 9.10. The van der Waals surface area contributed by atoms with E-state index in [1.54, 1.807) is 10.9 Å². The number of benzene rings is 1. The van der Waals surface area contributed by atoms with Crippen molar-refractivity contribution < 1.29 is 4.92 Å². The second kappa shape index (κ2) is 6.29. The third kappa shape index (κ3) is 3.42. The van der Waals surface area contributed by atoms with E-state index in [1.807, 2.05) is 30.3 Å². The third-order valence-corrected chi connectivity index (χ3v) is 4.08. The number of halogens is 2. The maximum atomic E-state index is 10.8. The average molecular weight is 389 g/mol. The Kier molecular flexibility index (Phi) is 4.71. The highest BCUT2D eigenvalue weighted by Crippen LogP contribution is 2.25. The number of hydrogen-bond acceptors (Lipinski definition) is 3. The summed E-state index contributed by atoms with van der Waals surface area (Å²) >= 11 is 6.63. The predicted molar refractivity (Wildman–Crippen MR) is 79.6 cm³/mol. The van der Waals surface area contributed by atoms with Gasteiger partial charge in [-0.3, -0.25) is 0 Å². The van der Waals surface area contributed by atoms with Crippen LogP contribution in [0.5, 0.6) is 0 Å². The van der Waals surface area contributed by atoms with Crippen LogP contribution in [0.2, 0.25) is 0 Å². The Hall–Kier alpha value is -1.21. The van der Waals surface area contributed by atoms with Crippen molar-refractivity contribution in [2.75, 3.05) is 5.33 Å². The topological polar surface area (TPSA) is 61.0 Å². The summed E-state index contributed by atoms with van der Waals surface area (Å²) in [5.41, 5.74) is 1.17. The minimum atomic E-state index is -0.494. The maximum absolute atomic E-state index is 10.8. The molecule has 2 rings (SSSR count). The molecule has 1 unspecified atom stereocenters. The fourth-order valence-corrected chi connectivity index (χ4v) is 2.84. The van der Waals surface area contributed by atoms with Gasteiger partial charge in [0.15, 0.2) is 0 Å². The molecular weight excluding hydrogens is 378 g/mol. The Bertz CT molecular complexity index is 572. The summed E-state index contributed by atoms with van der Waals surface area (Å²) in [6, 6.07) is 10.0. The van der Waals surface area contributed by atoms with Crippen LogP contribution >= 0.6 is 31.9 Å². The molecule has 0 saturated heterocycles. The summed E-state index contributed by atoms with van der Waals surface area (Å²) in [7, 11) is 0. The van der Waals surface area contributed by atoms with Crippen LogP contribution in [0.4, 0.5) is 5.82 Å². The fraction of sp³-hybridized carbons (Fsp3) is 0.250. The fourth-order valence-electron chi connectivity index (χ4n) is 1.80. The van der Waals surface area contributed by atoms with Gasteiger partial charge < -0.3 is 10.1 Å². The molecule has 1 aromatic carbocycles. The van der Waals surface area contributed by atoms with Gasteiger partial charge in [0.2, 0.25) is 0 Å². The molecule has 0 N–H and O–H groups in total. The summed E-state index contributed by atoms with van der Waals surface area (Å²) in [6.07, 6.45) is 1.64. The Labute approximate surface area is 127 Å². The van der Waals surface area contributed by atoms with Crippen molar-refractivity contribution in [3.05, 3.63) is 56.7 Å². The second-order valence-corrected chi connectivity index (χ2v) is 5.54. The molecule has 19 heavy (non-hydrogen) atoms. The van der Waals surface area contributed by atoms with Crippen LogP contribution in [0, 0.1) is 10.1 Å². The van der Waals surface area contributed by atoms with Crippen molar-refractivity contribution in [3.63, 3.8) is 0 Å². The van der Waals surface area contributed by atoms with Gasteiger partial charge in [-0.15, -0.1) is 0 Å². The van der Waals surface area contributed by atoms with Gasteiger partial charge in [-0.05, 0) is 26.4 Å². The first-order chi connectivity index (χ1) is 9.11. The molecule has 100 valence electrons. The third-order valence-electron chi connectivity index (χ3n) is 2.74. The van der Waals surface area contributed by atoms with E-state index >= 15 is 0 Å². The Balaban J connectivity index is 2.19. The van der Waals surface area contributed by atoms with Gasteiger partial charge in [-0.1, -0.05) is 46.3 Å². The van der Waals surface area contributed by atoms with E-state index in [9.17, 15) is 10.1 Å². The lowest BCUT2D eigenvalue weighted by atomic mass is 10.0. The van der Waals surface area contributed by atoms with Crippen molar-refractivity contribution in [2.45, 2.75) is 12.5 Å². The van der Waals surface area contributed by atoms with Crippen molar-refractivity contribution >= 4 is 37.7 Å². The van der Waals surface area contributed by atoms with Crippen LogP contribution < -0.4 is 0 Å². The summed E-state index contributed by atoms with van der Waals surface area (Å²) < 4.78 is 2.00. The average Bonchev–Trinajstić information content (AvgIpc) is 2.78. The Morgan fingerprint density at radius 3 is 2.58 bits per heavy atom. The lowest BCUT2D eigenvalue weighted by molar-refractivity contribution is -0.390. The molecule has 0 bridgehead atoms. The molecule has 1 heterocycles. The minimum Gasteiger partial charge on any atom is -0.358 e. The standard InChI is InChI=1S/C12H11Br2N3O2/c13-6-10(9-4-2-1-3-5-9)7-16-8-11(14)12(15-16)17(18)19/h1-5,8,10H,6-7H2. The lowest BCUT2D eigenvalue weighted by Crippen LogP contribution is -2.11. The molecule has 0 aliphatic heterocycles. The van der Waals surface area contributed by atoms with E-state index in [4.69, 9.17) is 0 Å². The van der Waals surface area contributed by atoms with Crippen LogP contribution in [0.1, 0.15) is 11.5 Å². The first kappa shape index (κ1) is 14.2. The molecule has 1 aromatic heterocycles. The van der Waals surface area contributed by atoms with Gasteiger partial charge in [0.25, 0.3) is 0 Å². The first-order valence-corrected chi connectivity index (χ1v) is 7.51. The van der Waals surface area contributed by atoms with Crippen molar-refractivity contribution in [2.24, 2.45) is 0 Å². The highest BCUT2D eigenvalue weighted by atomic mass is 79.9. The molecule has 0 aliphatic rings. The smallest absolute Gasteiger partial charge is 0.358 e. The van der Waals surface area contributed by atoms with E-state index in [-0.39, 0.29) is 11.7 Å². The summed E-state index contributed by atoms with van der Waals surface area (Å²) in [6.45, 7) is 0.585. The number of alkyl halides is 1. The van der Waals surface area contributed by atoms with Crippen LogP contribution in [0.25, 0.3) is 0 Å². The highest BCUT2D eigenvalue weighted by Gasteiger charge is 2.21. The Morgan fingerprint density at radius 1 is 1.37 bits per heavy atom. The molecule has 0 spiro atoms. The van der Waals surface area contributed by atoms with E-state index in [1.165, 1.54) is 5.56 Å². The van der Waals surface area contributed by atoms with Crippen LogP contribution in [0.15, 0.2) is 41.0 Å². The number of hydrogen-bond donors (Lipinski definition) is 0. The molecule has 7 heteroatoms. The van der Waals surface area contributed by atoms with Gasteiger partial charge >= 0.3 is 5.82 Å². The quantitative estimate of drug-likeness (QED) is 0.445. The summed E-state index contributed by atoms with van der Waals surface area (Å²) in [5.74, 6) is 0.0639. The van der Waals surface area contributed by atoms with Crippen molar-refractivity contribution in [1.29, 1.82) is 0 Å². The van der Waals surface area contributed by atoms with Crippen LogP contribution in [-0.4, -0.2) is 20.0 Å². The van der Waals surface area contributed by atoms with Gasteiger partial charge in [0.1, 0.15) is 4.47 Å². The molecule has 5 nitrogen and oxygen atoms in total. The monoisotopic (exact) mass is 387 g/mol. The molecular formula is C12H11Br2N3O2. The molecule has 0 fully saturated rings. The molecule has 0 amide bonds. The second-order valence-electron chi connectivity index (χ2n) is 4.04.